The van der Waals surface area contributed by atoms with Gasteiger partial charge in [0.05, 0.1) is 6.20 Å². The van der Waals surface area contributed by atoms with Crippen molar-refractivity contribution in [1.82, 2.24) is 14.9 Å². The number of carbonyl (C=O) groups is 1. The number of primary amides is 1. The molecule has 1 amide bonds. The zero-order chi connectivity index (χ0) is 12.1. The van der Waals surface area contributed by atoms with Crippen LogP contribution in [0.3, 0.4) is 0 Å². The van der Waals surface area contributed by atoms with Crippen LogP contribution in [0.5, 0.6) is 0 Å². The van der Waals surface area contributed by atoms with Gasteiger partial charge in [-0.05, 0) is 0 Å². The Morgan fingerprint density at radius 2 is 2.06 bits per heavy atom. The number of carbonyl (C=O) groups excluding carboxylic acids is 1. The fourth-order valence-electron chi connectivity index (χ4n) is 1.92. The molecule has 1 fully saturated rings. The van der Waals surface area contributed by atoms with Gasteiger partial charge in [-0.15, -0.1) is 0 Å². The highest BCUT2D eigenvalue weighted by Crippen LogP contribution is 2.11. The highest BCUT2D eigenvalue weighted by Gasteiger charge is 2.17. The molecule has 0 saturated carbocycles. The van der Waals surface area contributed by atoms with Crippen LogP contribution >= 0.6 is 0 Å². The lowest BCUT2D eigenvalue weighted by Gasteiger charge is -2.34. The van der Waals surface area contributed by atoms with Crippen LogP contribution in [0.4, 0.5) is 5.82 Å². The van der Waals surface area contributed by atoms with Crippen molar-refractivity contribution in [2.75, 3.05) is 37.6 Å². The average molecular weight is 235 g/mol. The molecule has 1 aromatic heterocycles. The van der Waals surface area contributed by atoms with Crippen LogP contribution < -0.4 is 10.6 Å². The Kier molecular flexibility index (Phi) is 3.87. The number of anilines is 1. The zero-order valence-electron chi connectivity index (χ0n) is 9.75. The Bertz CT molecular complexity index is 361. The number of nitrogens with two attached hydrogens (primary N) is 1. The maximum atomic E-state index is 10.7. The number of nitrogens with zero attached hydrogens (tertiary/aromatic N) is 4. The van der Waals surface area contributed by atoms with Gasteiger partial charge in [0.15, 0.2) is 0 Å². The van der Waals surface area contributed by atoms with Gasteiger partial charge in [-0.25, -0.2) is 4.98 Å². The van der Waals surface area contributed by atoms with E-state index in [-0.39, 0.29) is 5.91 Å². The van der Waals surface area contributed by atoms with E-state index in [2.05, 4.69) is 19.8 Å². The second kappa shape index (κ2) is 5.58. The first kappa shape index (κ1) is 11.8. The number of rotatable bonds is 4. The Hall–Kier alpha value is -1.69. The van der Waals surface area contributed by atoms with Crippen LogP contribution in [0, 0.1) is 0 Å². The minimum absolute atomic E-state index is 0.235. The Morgan fingerprint density at radius 1 is 1.29 bits per heavy atom. The van der Waals surface area contributed by atoms with Gasteiger partial charge in [0, 0.05) is 51.5 Å². The van der Waals surface area contributed by atoms with Gasteiger partial charge in [-0.2, -0.15) is 0 Å². The molecule has 2 heterocycles. The maximum Gasteiger partial charge on any atom is 0.218 e. The molecule has 0 aliphatic carbocycles. The lowest BCUT2D eigenvalue weighted by atomic mass is 10.3. The largest absolute Gasteiger partial charge is 0.370 e. The number of aromatic nitrogens is 2. The normalized spacial score (nSPS) is 17.1. The molecule has 0 spiro atoms. The van der Waals surface area contributed by atoms with E-state index >= 15 is 0 Å². The smallest absolute Gasteiger partial charge is 0.218 e. The average Bonchev–Trinajstić information content (AvgIpc) is 2.38. The van der Waals surface area contributed by atoms with Crippen LogP contribution in [0.2, 0.25) is 0 Å². The molecule has 6 nitrogen and oxygen atoms in total. The third-order valence-corrected chi connectivity index (χ3v) is 2.92. The highest BCUT2D eigenvalue weighted by atomic mass is 16.1. The van der Waals surface area contributed by atoms with Crippen molar-refractivity contribution < 1.29 is 4.79 Å². The summed E-state index contributed by atoms with van der Waals surface area (Å²) < 4.78 is 0. The summed E-state index contributed by atoms with van der Waals surface area (Å²) in [4.78, 5) is 23.5. The van der Waals surface area contributed by atoms with Gasteiger partial charge in [-0.3, -0.25) is 14.7 Å². The summed E-state index contributed by atoms with van der Waals surface area (Å²) >= 11 is 0. The summed E-state index contributed by atoms with van der Waals surface area (Å²) in [6.45, 7) is 4.45. The van der Waals surface area contributed by atoms with Gasteiger partial charge in [0.1, 0.15) is 5.82 Å². The Morgan fingerprint density at radius 3 is 2.65 bits per heavy atom. The predicted octanol–water partition coefficient (Wildman–Crippen LogP) is -0.526. The minimum atomic E-state index is -0.235. The molecule has 0 unspecified atom stereocenters. The number of amides is 1. The summed E-state index contributed by atoms with van der Waals surface area (Å²) in [5.41, 5.74) is 5.13. The third-order valence-electron chi connectivity index (χ3n) is 2.92. The molecule has 0 aromatic carbocycles. The second-order valence-corrected chi connectivity index (χ2v) is 4.11. The lowest BCUT2D eigenvalue weighted by Crippen LogP contribution is -2.47. The molecule has 6 heteroatoms. The SMILES string of the molecule is NC(=O)CCN1CCN(c2cnccn2)CC1. The third kappa shape index (κ3) is 3.39. The molecule has 1 aliphatic rings. The number of hydrogen-bond acceptors (Lipinski definition) is 5. The van der Waals surface area contributed by atoms with Crippen LogP contribution in [-0.4, -0.2) is 53.5 Å². The highest BCUT2D eigenvalue weighted by molar-refractivity contribution is 5.73. The fourth-order valence-corrected chi connectivity index (χ4v) is 1.92. The first-order valence-corrected chi connectivity index (χ1v) is 5.77. The van der Waals surface area contributed by atoms with Crippen molar-refractivity contribution in [3.05, 3.63) is 18.6 Å². The molecule has 92 valence electrons. The molecule has 0 radical (unpaired) electrons. The number of piperazine rings is 1. The molecule has 0 bridgehead atoms. The molecule has 1 saturated heterocycles. The monoisotopic (exact) mass is 235 g/mol. The predicted molar refractivity (Wildman–Crippen MR) is 64.5 cm³/mol. The van der Waals surface area contributed by atoms with Gasteiger partial charge in [0.25, 0.3) is 0 Å². The van der Waals surface area contributed by atoms with E-state index in [1.807, 2.05) is 0 Å². The Labute approximate surface area is 100 Å². The molecular weight excluding hydrogens is 218 g/mol. The summed E-state index contributed by atoms with van der Waals surface area (Å²) in [5, 5.41) is 0. The van der Waals surface area contributed by atoms with Gasteiger partial charge >= 0.3 is 0 Å². The number of hydrogen-bond donors (Lipinski definition) is 1. The quantitative estimate of drug-likeness (QED) is 0.759. The van der Waals surface area contributed by atoms with Crippen molar-refractivity contribution in [2.45, 2.75) is 6.42 Å². The molecule has 1 aromatic rings. The van der Waals surface area contributed by atoms with Crippen LogP contribution in [-0.2, 0) is 4.79 Å². The van der Waals surface area contributed by atoms with Crippen LogP contribution in [0.1, 0.15) is 6.42 Å². The second-order valence-electron chi connectivity index (χ2n) is 4.11. The van der Waals surface area contributed by atoms with Crippen molar-refractivity contribution in [3.63, 3.8) is 0 Å². The maximum absolute atomic E-state index is 10.7. The van der Waals surface area contributed by atoms with E-state index in [0.717, 1.165) is 38.5 Å². The van der Waals surface area contributed by atoms with Crippen molar-refractivity contribution in [2.24, 2.45) is 5.73 Å². The first-order chi connectivity index (χ1) is 8.25. The van der Waals surface area contributed by atoms with E-state index in [0.29, 0.717) is 6.42 Å². The summed E-state index contributed by atoms with van der Waals surface area (Å²) in [7, 11) is 0. The molecule has 2 rings (SSSR count). The topological polar surface area (TPSA) is 75.4 Å². The molecule has 17 heavy (non-hydrogen) atoms. The first-order valence-electron chi connectivity index (χ1n) is 5.77. The lowest BCUT2D eigenvalue weighted by molar-refractivity contribution is -0.118. The standard InChI is InChI=1S/C11H17N5O/c12-10(17)1-4-15-5-7-16(8-6-15)11-9-13-2-3-14-11/h2-3,9H,1,4-8H2,(H2,12,17). The fraction of sp³-hybridized carbons (Fsp3) is 0.545. The van der Waals surface area contributed by atoms with Gasteiger partial charge < -0.3 is 10.6 Å². The summed E-state index contributed by atoms with van der Waals surface area (Å²) in [5.74, 6) is 0.684. The van der Waals surface area contributed by atoms with Crippen molar-refractivity contribution in [3.8, 4) is 0 Å². The van der Waals surface area contributed by atoms with Gasteiger partial charge in [0.2, 0.25) is 5.91 Å². The van der Waals surface area contributed by atoms with Crippen molar-refractivity contribution in [1.29, 1.82) is 0 Å². The molecule has 2 N–H and O–H groups in total. The molecule has 0 atom stereocenters. The van der Waals surface area contributed by atoms with E-state index in [9.17, 15) is 4.79 Å². The minimum Gasteiger partial charge on any atom is -0.370 e. The van der Waals surface area contributed by atoms with E-state index in [1.165, 1.54) is 0 Å². The Balaban J connectivity index is 1.80. The summed E-state index contributed by atoms with van der Waals surface area (Å²) in [6, 6.07) is 0. The van der Waals surface area contributed by atoms with E-state index in [1.54, 1.807) is 18.6 Å². The van der Waals surface area contributed by atoms with Gasteiger partial charge in [-0.1, -0.05) is 0 Å². The summed E-state index contributed by atoms with van der Waals surface area (Å²) in [6.07, 6.45) is 5.59. The van der Waals surface area contributed by atoms with E-state index < -0.39 is 0 Å². The van der Waals surface area contributed by atoms with Crippen LogP contribution in [0.25, 0.3) is 0 Å². The van der Waals surface area contributed by atoms with Crippen LogP contribution in [0.15, 0.2) is 18.6 Å². The zero-order valence-corrected chi connectivity index (χ0v) is 9.75. The van der Waals surface area contributed by atoms with E-state index in [4.69, 9.17) is 5.73 Å². The molecule has 1 aliphatic heterocycles. The van der Waals surface area contributed by atoms with Crippen molar-refractivity contribution >= 4 is 11.7 Å². The molecular formula is C11H17N5O.